The number of piperidine rings is 1. The molecule has 30 heavy (non-hydrogen) atoms. The summed E-state index contributed by atoms with van der Waals surface area (Å²) in [5, 5.41) is 0.719. The highest BCUT2D eigenvalue weighted by molar-refractivity contribution is 6.30. The van der Waals surface area contributed by atoms with E-state index in [2.05, 4.69) is 11.1 Å². The quantitative estimate of drug-likeness (QED) is 0.452. The van der Waals surface area contributed by atoms with Crippen molar-refractivity contribution in [3.63, 3.8) is 0 Å². The van der Waals surface area contributed by atoms with Gasteiger partial charge in [-0.3, -0.25) is 4.79 Å². The lowest BCUT2D eigenvalue weighted by Gasteiger charge is -2.31. The van der Waals surface area contributed by atoms with Crippen molar-refractivity contribution in [2.24, 2.45) is 0 Å². The van der Waals surface area contributed by atoms with Crippen LogP contribution in [0.5, 0.6) is 0 Å². The van der Waals surface area contributed by atoms with E-state index in [1.54, 1.807) is 0 Å². The van der Waals surface area contributed by atoms with E-state index in [-0.39, 0.29) is 5.91 Å². The fourth-order valence-electron chi connectivity index (χ4n) is 4.15. The zero-order valence-corrected chi connectivity index (χ0v) is 17.3. The Hall–Kier alpha value is -3.11. The summed E-state index contributed by atoms with van der Waals surface area (Å²) in [5.41, 5.74) is 4.98. The Labute approximate surface area is 180 Å². The van der Waals surface area contributed by atoms with Crippen LogP contribution in [-0.2, 0) is 0 Å². The van der Waals surface area contributed by atoms with Crippen LogP contribution in [0.4, 0.5) is 0 Å². The number of rotatable bonds is 3. The zero-order valence-electron chi connectivity index (χ0n) is 16.5. The molecule has 2 heterocycles. The van der Waals surface area contributed by atoms with Crippen molar-refractivity contribution in [1.29, 1.82) is 0 Å². The summed E-state index contributed by atoms with van der Waals surface area (Å²) in [6.07, 6.45) is 1.85. The maximum Gasteiger partial charge on any atom is 0.253 e. The minimum atomic E-state index is 0.0979. The molecule has 150 valence electrons. The number of nitrogens with one attached hydrogen (secondary N) is 1. The predicted molar refractivity (Wildman–Crippen MR) is 121 cm³/mol. The number of aromatic amines is 1. The third-order valence-electron chi connectivity index (χ3n) is 5.89. The summed E-state index contributed by atoms with van der Waals surface area (Å²) >= 11 is 5.97. The predicted octanol–water partition coefficient (Wildman–Crippen LogP) is 5.90. The van der Waals surface area contributed by atoms with Crippen molar-refractivity contribution in [3.05, 3.63) is 89.2 Å². The van der Waals surface area contributed by atoms with E-state index in [0.717, 1.165) is 64.5 Å². The van der Waals surface area contributed by atoms with Gasteiger partial charge in [0.25, 0.3) is 5.91 Å². The van der Waals surface area contributed by atoms with Crippen LogP contribution in [0.3, 0.4) is 0 Å². The van der Waals surface area contributed by atoms with Gasteiger partial charge in [-0.2, -0.15) is 0 Å². The molecule has 1 aliphatic heterocycles. The van der Waals surface area contributed by atoms with Gasteiger partial charge in [0.2, 0.25) is 0 Å². The molecule has 5 rings (SSSR count). The van der Waals surface area contributed by atoms with E-state index >= 15 is 0 Å². The molecule has 1 saturated heterocycles. The normalized spacial score (nSPS) is 14.9. The molecule has 0 spiro atoms. The number of carbonyl (C=O) groups is 1. The fraction of sp³-hybridized carbons (Fsp3) is 0.200. The molecule has 0 radical (unpaired) electrons. The van der Waals surface area contributed by atoms with Gasteiger partial charge in [-0.05, 0) is 60.4 Å². The number of nitrogens with zero attached hydrogens (tertiary/aromatic N) is 2. The number of aromatic nitrogens is 2. The number of para-hydroxylation sites is 2. The van der Waals surface area contributed by atoms with Crippen LogP contribution in [0.2, 0.25) is 5.02 Å². The summed E-state index contributed by atoms with van der Waals surface area (Å²) in [6, 6.07) is 23.7. The maximum atomic E-state index is 13.0. The third-order valence-corrected chi connectivity index (χ3v) is 6.14. The van der Waals surface area contributed by atoms with E-state index in [0.29, 0.717) is 5.92 Å². The van der Waals surface area contributed by atoms with Crippen LogP contribution in [0.25, 0.3) is 22.2 Å². The molecule has 0 bridgehead atoms. The summed E-state index contributed by atoms with van der Waals surface area (Å²) in [5.74, 6) is 1.50. The van der Waals surface area contributed by atoms with Crippen LogP contribution < -0.4 is 0 Å². The molecule has 4 nitrogen and oxygen atoms in total. The molecular weight excluding hydrogens is 394 g/mol. The van der Waals surface area contributed by atoms with Gasteiger partial charge >= 0.3 is 0 Å². The first-order chi connectivity index (χ1) is 14.7. The van der Waals surface area contributed by atoms with Gasteiger partial charge in [0.05, 0.1) is 11.0 Å². The minimum Gasteiger partial charge on any atom is -0.342 e. The summed E-state index contributed by atoms with van der Waals surface area (Å²) < 4.78 is 0. The number of likely N-dealkylation sites (tertiary alicyclic amines) is 1. The van der Waals surface area contributed by atoms with Gasteiger partial charge < -0.3 is 9.88 Å². The molecule has 3 aromatic carbocycles. The summed E-state index contributed by atoms with van der Waals surface area (Å²) in [6.45, 7) is 1.50. The molecule has 4 aromatic rings. The van der Waals surface area contributed by atoms with E-state index in [1.807, 2.05) is 71.6 Å². The SMILES string of the molecule is O=C(c1ccc(-c2ccc(Cl)cc2)cc1)N1CCC(c2nc3ccccc3[nH]2)CC1. The second-order valence-electron chi connectivity index (χ2n) is 7.79. The number of fused-ring (bicyclic) bond motifs is 1. The van der Waals surface area contributed by atoms with Crippen LogP contribution >= 0.6 is 11.6 Å². The topological polar surface area (TPSA) is 49.0 Å². The Kier molecular flexibility index (Phi) is 5.01. The molecule has 0 unspecified atom stereocenters. The lowest BCUT2D eigenvalue weighted by Crippen LogP contribution is -2.38. The van der Waals surface area contributed by atoms with Crippen molar-refractivity contribution in [2.45, 2.75) is 18.8 Å². The molecule has 0 aliphatic carbocycles. The van der Waals surface area contributed by atoms with Crippen LogP contribution in [0.1, 0.15) is 34.9 Å². The first-order valence-electron chi connectivity index (χ1n) is 10.3. The number of H-pyrrole nitrogens is 1. The molecule has 0 atom stereocenters. The number of benzene rings is 3. The van der Waals surface area contributed by atoms with Gasteiger partial charge in [0.15, 0.2) is 0 Å². The summed E-state index contributed by atoms with van der Waals surface area (Å²) in [7, 11) is 0. The molecule has 1 aromatic heterocycles. The fourth-order valence-corrected chi connectivity index (χ4v) is 4.28. The Bertz CT molecular complexity index is 1140. The number of imidazole rings is 1. The molecule has 5 heteroatoms. The van der Waals surface area contributed by atoms with Crippen LogP contribution in [0.15, 0.2) is 72.8 Å². The largest absolute Gasteiger partial charge is 0.342 e. The Morgan fingerprint density at radius 2 is 1.53 bits per heavy atom. The van der Waals surface area contributed by atoms with E-state index in [1.165, 1.54) is 0 Å². The van der Waals surface area contributed by atoms with E-state index in [4.69, 9.17) is 16.6 Å². The Morgan fingerprint density at radius 1 is 0.900 bits per heavy atom. The Balaban J connectivity index is 1.24. The highest BCUT2D eigenvalue weighted by atomic mass is 35.5. The first-order valence-corrected chi connectivity index (χ1v) is 10.6. The average molecular weight is 416 g/mol. The lowest BCUT2D eigenvalue weighted by atomic mass is 9.95. The minimum absolute atomic E-state index is 0.0979. The number of amides is 1. The van der Waals surface area contributed by atoms with E-state index in [9.17, 15) is 4.79 Å². The Morgan fingerprint density at radius 3 is 2.20 bits per heavy atom. The van der Waals surface area contributed by atoms with Gasteiger partial charge in [-0.25, -0.2) is 4.98 Å². The van der Waals surface area contributed by atoms with Crippen molar-refractivity contribution < 1.29 is 4.79 Å². The second kappa shape index (κ2) is 7.96. The number of halogens is 1. The molecule has 1 N–H and O–H groups in total. The lowest BCUT2D eigenvalue weighted by molar-refractivity contribution is 0.0711. The molecular formula is C25H22ClN3O. The first kappa shape index (κ1) is 18.9. The van der Waals surface area contributed by atoms with Crippen molar-refractivity contribution in [2.75, 3.05) is 13.1 Å². The molecule has 1 aliphatic rings. The molecule has 0 saturated carbocycles. The number of hydrogen-bond acceptors (Lipinski definition) is 2. The molecule has 1 fully saturated rings. The van der Waals surface area contributed by atoms with Crippen molar-refractivity contribution in [1.82, 2.24) is 14.9 Å². The third kappa shape index (κ3) is 3.71. The highest BCUT2D eigenvalue weighted by Gasteiger charge is 2.26. The number of carbonyl (C=O) groups excluding carboxylic acids is 1. The standard InChI is InChI=1S/C25H22ClN3O/c26-21-11-9-18(10-12-21)17-5-7-20(8-6-17)25(30)29-15-13-19(14-16-29)24-27-22-3-1-2-4-23(22)28-24/h1-12,19H,13-16H2,(H,27,28). The summed E-state index contributed by atoms with van der Waals surface area (Å²) in [4.78, 5) is 23.1. The van der Waals surface area contributed by atoms with Gasteiger partial charge in [0.1, 0.15) is 5.82 Å². The second-order valence-corrected chi connectivity index (χ2v) is 8.23. The van der Waals surface area contributed by atoms with Gasteiger partial charge in [0, 0.05) is 29.6 Å². The maximum absolute atomic E-state index is 13.0. The smallest absolute Gasteiger partial charge is 0.253 e. The van der Waals surface area contributed by atoms with E-state index < -0.39 is 0 Å². The zero-order chi connectivity index (χ0) is 20.5. The van der Waals surface area contributed by atoms with Crippen LogP contribution in [0, 0.1) is 0 Å². The van der Waals surface area contributed by atoms with Crippen molar-refractivity contribution >= 4 is 28.5 Å². The highest BCUT2D eigenvalue weighted by Crippen LogP contribution is 2.29. The van der Waals surface area contributed by atoms with Crippen LogP contribution in [-0.4, -0.2) is 33.9 Å². The van der Waals surface area contributed by atoms with Gasteiger partial charge in [-0.15, -0.1) is 0 Å². The van der Waals surface area contributed by atoms with Gasteiger partial charge in [-0.1, -0.05) is 48.0 Å². The monoisotopic (exact) mass is 415 g/mol. The average Bonchev–Trinajstić information content (AvgIpc) is 3.24. The molecule has 1 amide bonds. The number of hydrogen-bond donors (Lipinski definition) is 1. The van der Waals surface area contributed by atoms with Crippen molar-refractivity contribution in [3.8, 4) is 11.1 Å².